The predicted octanol–water partition coefficient (Wildman–Crippen LogP) is 0.170. The maximum atomic E-state index is 11.9. The highest BCUT2D eigenvalue weighted by atomic mass is 32.2. The molecule has 0 bridgehead atoms. The van der Waals surface area contributed by atoms with Crippen LogP contribution in [-0.4, -0.2) is 42.4 Å². The zero-order chi connectivity index (χ0) is 12.4. The molecule has 2 N–H and O–H groups in total. The van der Waals surface area contributed by atoms with Crippen molar-refractivity contribution in [3.05, 3.63) is 0 Å². The number of carboxylic acids is 1. The summed E-state index contributed by atoms with van der Waals surface area (Å²) in [6.07, 6.45) is 1.79. The summed E-state index contributed by atoms with van der Waals surface area (Å²) in [7, 11) is -3.68. The predicted molar refractivity (Wildman–Crippen MR) is 59.2 cm³/mol. The van der Waals surface area contributed by atoms with Crippen LogP contribution >= 0.6 is 0 Å². The molecule has 1 aliphatic heterocycles. The van der Waals surface area contributed by atoms with Gasteiger partial charge in [0, 0.05) is 13.1 Å². The molecule has 0 amide bonds. The standard InChI is InChI=1S/C9H18N2O4S/c1-3-10-16(14,15)11-7-5-4-6-9(11,2)8(12)13/h10H,3-7H2,1-2H3,(H,12,13). The topological polar surface area (TPSA) is 86.7 Å². The molecule has 0 aromatic carbocycles. The molecular weight excluding hydrogens is 232 g/mol. The molecule has 0 saturated carbocycles. The van der Waals surface area contributed by atoms with Crippen LogP contribution in [0, 0.1) is 0 Å². The van der Waals surface area contributed by atoms with Crippen LogP contribution < -0.4 is 4.72 Å². The first-order chi connectivity index (χ1) is 7.34. The molecule has 6 nitrogen and oxygen atoms in total. The van der Waals surface area contributed by atoms with E-state index in [1.54, 1.807) is 6.92 Å². The lowest BCUT2D eigenvalue weighted by Crippen LogP contribution is -2.59. The average molecular weight is 250 g/mol. The monoisotopic (exact) mass is 250 g/mol. The van der Waals surface area contributed by atoms with Gasteiger partial charge in [0.25, 0.3) is 10.2 Å². The summed E-state index contributed by atoms with van der Waals surface area (Å²) in [5.41, 5.74) is -1.32. The van der Waals surface area contributed by atoms with E-state index in [1.807, 2.05) is 0 Å². The SMILES string of the molecule is CCNS(=O)(=O)N1CCCCC1(C)C(=O)O. The Labute approximate surface area is 95.8 Å². The molecule has 16 heavy (non-hydrogen) atoms. The van der Waals surface area contributed by atoms with E-state index >= 15 is 0 Å². The van der Waals surface area contributed by atoms with Crippen molar-refractivity contribution < 1.29 is 18.3 Å². The van der Waals surface area contributed by atoms with Crippen LogP contribution in [-0.2, 0) is 15.0 Å². The van der Waals surface area contributed by atoms with Gasteiger partial charge in [0.05, 0.1) is 0 Å². The molecule has 1 saturated heterocycles. The second-order valence-electron chi connectivity index (χ2n) is 4.11. The average Bonchev–Trinajstić information content (AvgIpc) is 2.17. The lowest BCUT2D eigenvalue weighted by atomic mass is 9.91. The molecule has 0 aliphatic carbocycles. The van der Waals surface area contributed by atoms with Gasteiger partial charge < -0.3 is 5.11 Å². The van der Waals surface area contributed by atoms with E-state index in [4.69, 9.17) is 5.11 Å². The van der Waals surface area contributed by atoms with Crippen molar-refractivity contribution in [2.24, 2.45) is 0 Å². The lowest BCUT2D eigenvalue weighted by Gasteiger charge is -2.40. The minimum Gasteiger partial charge on any atom is -0.480 e. The number of rotatable bonds is 4. The zero-order valence-corrected chi connectivity index (χ0v) is 10.4. The molecule has 7 heteroatoms. The van der Waals surface area contributed by atoms with Gasteiger partial charge in [-0.25, -0.2) is 4.72 Å². The number of nitrogens with one attached hydrogen (secondary N) is 1. The van der Waals surface area contributed by atoms with E-state index in [1.165, 1.54) is 6.92 Å². The van der Waals surface area contributed by atoms with Crippen molar-refractivity contribution in [1.82, 2.24) is 9.03 Å². The van der Waals surface area contributed by atoms with Gasteiger partial charge in [0.15, 0.2) is 0 Å². The molecule has 0 spiro atoms. The number of hydrogen-bond acceptors (Lipinski definition) is 3. The second-order valence-corrected chi connectivity index (χ2v) is 5.79. The lowest BCUT2D eigenvalue weighted by molar-refractivity contribution is -0.149. The van der Waals surface area contributed by atoms with Gasteiger partial charge in [-0.05, 0) is 26.2 Å². The molecule has 1 aliphatic rings. The van der Waals surface area contributed by atoms with Crippen LogP contribution in [0.2, 0.25) is 0 Å². The molecule has 1 unspecified atom stereocenters. The summed E-state index contributed by atoms with van der Waals surface area (Å²) in [5.74, 6) is -1.09. The molecule has 1 atom stereocenters. The largest absolute Gasteiger partial charge is 0.480 e. The summed E-state index contributed by atoms with van der Waals surface area (Å²) < 4.78 is 27.1. The smallest absolute Gasteiger partial charge is 0.324 e. The molecule has 1 heterocycles. The first kappa shape index (κ1) is 13.4. The van der Waals surface area contributed by atoms with E-state index < -0.39 is 21.7 Å². The maximum Gasteiger partial charge on any atom is 0.324 e. The Bertz CT molecular complexity index is 368. The van der Waals surface area contributed by atoms with Gasteiger partial charge in [-0.2, -0.15) is 12.7 Å². The third-order valence-corrected chi connectivity index (χ3v) is 4.72. The fourth-order valence-electron chi connectivity index (χ4n) is 1.96. The van der Waals surface area contributed by atoms with Crippen molar-refractivity contribution >= 4 is 16.2 Å². The number of carbonyl (C=O) groups is 1. The van der Waals surface area contributed by atoms with E-state index in [0.717, 1.165) is 10.7 Å². The number of piperidine rings is 1. The van der Waals surface area contributed by atoms with Crippen molar-refractivity contribution in [3.8, 4) is 0 Å². The fourth-order valence-corrected chi connectivity index (χ4v) is 3.55. The molecule has 94 valence electrons. The van der Waals surface area contributed by atoms with Crippen molar-refractivity contribution in [1.29, 1.82) is 0 Å². The Balaban J connectivity index is 3.04. The number of hydrogen-bond donors (Lipinski definition) is 2. The minimum absolute atomic E-state index is 0.258. The molecule has 0 radical (unpaired) electrons. The Hall–Kier alpha value is -0.660. The van der Waals surface area contributed by atoms with Crippen LogP contribution in [0.4, 0.5) is 0 Å². The molecule has 1 fully saturated rings. The molecule has 0 aromatic heterocycles. The Morgan fingerprint density at radius 2 is 2.12 bits per heavy atom. The highest BCUT2D eigenvalue weighted by Gasteiger charge is 2.47. The van der Waals surface area contributed by atoms with Crippen LogP contribution in [0.25, 0.3) is 0 Å². The molecule has 0 aromatic rings. The Morgan fingerprint density at radius 3 is 2.62 bits per heavy atom. The summed E-state index contributed by atoms with van der Waals surface area (Å²) >= 11 is 0. The van der Waals surface area contributed by atoms with Crippen molar-refractivity contribution in [2.75, 3.05) is 13.1 Å². The number of carboxylic acid groups (broad SMARTS) is 1. The quantitative estimate of drug-likeness (QED) is 0.744. The summed E-state index contributed by atoms with van der Waals surface area (Å²) in [4.78, 5) is 11.2. The third kappa shape index (κ3) is 2.36. The first-order valence-corrected chi connectivity index (χ1v) is 6.79. The van der Waals surface area contributed by atoms with Crippen molar-refractivity contribution in [2.45, 2.75) is 38.6 Å². The highest BCUT2D eigenvalue weighted by molar-refractivity contribution is 7.87. The summed E-state index contributed by atoms with van der Waals surface area (Å²) in [6, 6.07) is 0. The van der Waals surface area contributed by atoms with Gasteiger partial charge >= 0.3 is 5.97 Å². The number of aliphatic carboxylic acids is 1. The molecule has 1 rings (SSSR count). The number of nitrogens with zero attached hydrogens (tertiary/aromatic N) is 1. The second kappa shape index (κ2) is 4.68. The van der Waals surface area contributed by atoms with E-state index in [-0.39, 0.29) is 13.1 Å². The highest BCUT2D eigenvalue weighted by Crippen LogP contribution is 2.30. The minimum atomic E-state index is -3.68. The zero-order valence-electron chi connectivity index (χ0n) is 9.56. The van der Waals surface area contributed by atoms with E-state index in [0.29, 0.717) is 12.8 Å². The summed E-state index contributed by atoms with van der Waals surface area (Å²) in [6.45, 7) is 3.65. The van der Waals surface area contributed by atoms with Crippen LogP contribution in [0.3, 0.4) is 0 Å². The third-order valence-electron chi connectivity index (χ3n) is 2.90. The van der Waals surface area contributed by atoms with E-state index in [9.17, 15) is 13.2 Å². The van der Waals surface area contributed by atoms with Crippen LogP contribution in [0.5, 0.6) is 0 Å². The fraction of sp³-hybridized carbons (Fsp3) is 0.889. The van der Waals surface area contributed by atoms with Gasteiger partial charge in [0.2, 0.25) is 0 Å². The Kier molecular flexibility index (Phi) is 3.92. The van der Waals surface area contributed by atoms with Gasteiger partial charge in [-0.1, -0.05) is 6.92 Å². The normalized spacial score (nSPS) is 27.9. The van der Waals surface area contributed by atoms with Gasteiger partial charge in [-0.3, -0.25) is 4.79 Å². The Morgan fingerprint density at radius 1 is 1.50 bits per heavy atom. The maximum absolute atomic E-state index is 11.9. The summed E-state index contributed by atoms with van der Waals surface area (Å²) in [5, 5.41) is 9.17. The first-order valence-electron chi connectivity index (χ1n) is 5.35. The van der Waals surface area contributed by atoms with Crippen LogP contribution in [0.15, 0.2) is 0 Å². The molecular formula is C9H18N2O4S. The van der Waals surface area contributed by atoms with Crippen LogP contribution in [0.1, 0.15) is 33.1 Å². The van der Waals surface area contributed by atoms with Gasteiger partial charge in [-0.15, -0.1) is 0 Å². The van der Waals surface area contributed by atoms with Gasteiger partial charge in [0.1, 0.15) is 5.54 Å². The van der Waals surface area contributed by atoms with Crippen molar-refractivity contribution in [3.63, 3.8) is 0 Å². The van der Waals surface area contributed by atoms with E-state index in [2.05, 4.69) is 4.72 Å².